The molecule has 0 unspecified atom stereocenters. The lowest BCUT2D eigenvalue weighted by Gasteiger charge is -2.11. The minimum absolute atomic E-state index is 1.19. The first-order chi connectivity index (χ1) is 8.25. The lowest BCUT2D eigenvalue weighted by atomic mass is 10.1. The van der Waals surface area contributed by atoms with Crippen LogP contribution in [0.2, 0.25) is 0 Å². The number of hydrogen-bond acceptors (Lipinski definition) is 1. The van der Waals surface area contributed by atoms with E-state index in [0.29, 0.717) is 0 Å². The van der Waals surface area contributed by atoms with Gasteiger partial charge in [-0.25, -0.2) is 4.98 Å². The molecule has 0 saturated carbocycles. The summed E-state index contributed by atoms with van der Waals surface area (Å²) in [5, 5.41) is 0. The Morgan fingerprint density at radius 3 is 1.88 bits per heavy atom. The number of hydrogen-bond donors (Lipinski definition) is 0. The molecule has 0 bridgehead atoms. The van der Waals surface area contributed by atoms with Crippen LogP contribution in [0.25, 0.3) is 12.2 Å². The van der Waals surface area contributed by atoms with Crippen molar-refractivity contribution in [3.63, 3.8) is 0 Å². The second kappa shape index (κ2) is 5.30. The maximum Gasteiger partial charge on any atom is 0.167 e. The molecule has 0 aliphatic carbocycles. The molecule has 0 atom stereocenters. The molecule has 2 rings (SSSR count). The summed E-state index contributed by atoms with van der Waals surface area (Å²) in [6.45, 7) is 0. The molecule has 0 aliphatic heterocycles. The first-order valence-electron chi connectivity index (χ1n) is 5.67. The van der Waals surface area contributed by atoms with E-state index in [2.05, 4.69) is 46.3 Å². The Labute approximate surface area is 102 Å². The fourth-order valence-electron chi connectivity index (χ4n) is 1.59. The number of H-pyrrole nitrogens is 1. The normalized spacial score (nSPS) is 10.7. The molecular formula is C15H17N2+. The molecule has 0 fully saturated rings. The number of pyridine rings is 1. The van der Waals surface area contributed by atoms with Crippen molar-refractivity contribution in [3.8, 4) is 0 Å². The van der Waals surface area contributed by atoms with E-state index in [4.69, 9.17) is 0 Å². The smallest absolute Gasteiger partial charge is 0.167 e. The molecule has 2 nitrogen and oxygen atoms in total. The molecule has 2 heteroatoms. The maximum absolute atomic E-state index is 3.01. The van der Waals surface area contributed by atoms with E-state index in [1.165, 1.54) is 16.8 Å². The molecule has 2 aromatic rings. The highest BCUT2D eigenvalue weighted by molar-refractivity contribution is 5.70. The van der Waals surface area contributed by atoms with Crippen LogP contribution in [0.15, 0.2) is 48.8 Å². The highest BCUT2D eigenvalue weighted by Crippen LogP contribution is 2.14. The van der Waals surface area contributed by atoms with E-state index in [1.54, 1.807) is 0 Å². The Kier molecular flexibility index (Phi) is 3.55. The zero-order valence-corrected chi connectivity index (χ0v) is 10.2. The lowest BCUT2D eigenvalue weighted by Crippen LogP contribution is -2.07. The molecule has 0 radical (unpaired) electrons. The van der Waals surface area contributed by atoms with Gasteiger partial charge in [0.2, 0.25) is 0 Å². The van der Waals surface area contributed by atoms with Gasteiger partial charge >= 0.3 is 0 Å². The maximum atomic E-state index is 3.01. The van der Waals surface area contributed by atoms with Gasteiger partial charge in [-0.05, 0) is 23.3 Å². The molecule has 86 valence electrons. The number of aromatic amines is 1. The van der Waals surface area contributed by atoms with Crippen LogP contribution in [0.4, 0.5) is 5.69 Å². The third-order valence-corrected chi connectivity index (χ3v) is 2.62. The van der Waals surface area contributed by atoms with Crippen LogP contribution in [0, 0.1) is 0 Å². The molecule has 1 aromatic carbocycles. The van der Waals surface area contributed by atoms with Crippen LogP contribution in [-0.4, -0.2) is 14.1 Å². The summed E-state index contributed by atoms with van der Waals surface area (Å²) in [4.78, 5) is 5.11. The van der Waals surface area contributed by atoms with Crippen molar-refractivity contribution in [3.05, 3.63) is 59.9 Å². The predicted molar refractivity (Wildman–Crippen MR) is 72.7 cm³/mol. The molecule has 1 aromatic heterocycles. The largest absolute Gasteiger partial charge is 0.378 e. The van der Waals surface area contributed by atoms with Crippen molar-refractivity contribution < 1.29 is 4.98 Å². The minimum atomic E-state index is 1.19. The van der Waals surface area contributed by atoms with Gasteiger partial charge in [-0.3, -0.25) is 0 Å². The summed E-state index contributed by atoms with van der Waals surface area (Å²) in [6, 6.07) is 12.6. The molecule has 1 N–H and O–H groups in total. The van der Waals surface area contributed by atoms with Gasteiger partial charge in [-0.15, -0.1) is 0 Å². The monoisotopic (exact) mass is 225 g/mol. The third kappa shape index (κ3) is 3.18. The van der Waals surface area contributed by atoms with E-state index in [1.807, 2.05) is 38.6 Å². The van der Waals surface area contributed by atoms with Crippen molar-refractivity contribution in [1.29, 1.82) is 0 Å². The van der Waals surface area contributed by atoms with Gasteiger partial charge in [-0.1, -0.05) is 24.3 Å². The van der Waals surface area contributed by atoms with Gasteiger partial charge in [0.05, 0.1) is 0 Å². The molecule has 1 heterocycles. The fraction of sp³-hybridized carbons (Fsp3) is 0.133. The second-order valence-electron chi connectivity index (χ2n) is 4.15. The Morgan fingerprint density at radius 2 is 1.35 bits per heavy atom. The summed E-state index contributed by atoms with van der Waals surface area (Å²) in [6.07, 6.45) is 8.08. The standard InChI is InChI=1S/C15H16N2/c1-17(2)15-7-5-13(6-8-15)3-4-14-9-11-16-12-10-14/h3-12H,1-2H3/p+1/b4-3+. The van der Waals surface area contributed by atoms with Crippen molar-refractivity contribution in [2.24, 2.45) is 0 Å². The molecule has 17 heavy (non-hydrogen) atoms. The number of rotatable bonds is 3. The summed E-state index contributed by atoms with van der Waals surface area (Å²) < 4.78 is 0. The van der Waals surface area contributed by atoms with Gasteiger partial charge in [-0.2, -0.15) is 0 Å². The SMILES string of the molecule is CN(C)c1ccc(/C=C/c2cc[nH+]cc2)cc1. The first kappa shape index (κ1) is 11.4. The quantitative estimate of drug-likeness (QED) is 0.785. The zero-order valence-electron chi connectivity index (χ0n) is 10.2. The zero-order chi connectivity index (χ0) is 12.1. The average Bonchev–Trinajstić information content (AvgIpc) is 2.38. The highest BCUT2D eigenvalue weighted by Gasteiger charge is 1.93. The fourth-order valence-corrected chi connectivity index (χ4v) is 1.59. The number of anilines is 1. The summed E-state index contributed by atoms with van der Waals surface area (Å²) in [7, 11) is 4.09. The molecule has 0 aliphatic rings. The molecule has 0 saturated heterocycles. The first-order valence-corrected chi connectivity index (χ1v) is 5.67. The highest BCUT2D eigenvalue weighted by atomic mass is 15.1. The van der Waals surface area contributed by atoms with Crippen LogP contribution in [-0.2, 0) is 0 Å². The topological polar surface area (TPSA) is 17.4 Å². The Bertz CT molecular complexity index is 484. The average molecular weight is 225 g/mol. The number of aromatic nitrogens is 1. The molecule has 0 amide bonds. The molecular weight excluding hydrogens is 208 g/mol. The minimum Gasteiger partial charge on any atom is -0.378 e. The number of nitrogens with zero attached hydrogens (tertiary/aromatic N) is 1. The van der Waals surface area contributed by atoms with Crippen molar-refractivity contribution in [2.75, 3.05) is 19.0 Å². The van der Waals surface area contributed by atoms with E-state index in [-0.39, 0.29) is 0 Å². The van der Waals surface area contributed by atoms with E-state index >= 15 is 0 Å². The number of nitrogens with one attached hydrogen (secondary N) is 1. The van der Waals surface area contributed by atoms with Crippen molar-refractivity contribution in [2.45, 2.75) is 0 Å². The van der Waals surface area contributed by atoms with Crippen molar-refractivity contribution >= 4 is 17.8 Å². The summed E-state index contributed by atoms with van der Waals surface area (Å²) >= 11 is 0. The Hall–Kier alpha value is -2.09. The van der Waals surface area contributed by atoms with Gasteiger partial charge in [0.1, 0.15) is 0 Å². The Balaban J connectivity index is 2.12. The van der Waals surface area contributed by atoms with Gasteiger partial charge < -0.3 is 4.90 Å². The van der Waals surface area contributed by atoms with Crippen LogP contribution < -0.4 is 9.88 Å². The van der Waals surface area contributed by atoms with E-state index in [9.17, 15) is 0 Å². The Morgan fingerprint density at radius 1 is 0.824 bits per heavy atom. The predicted octanol–water partition coefficient (Wildman–Crippen LogP) is 2.74. The molecule has 0 spiro atoms. The number of benzene rings is 1. The van der Waals surface area contributed by atoms with Crippen LogP contribution >= 0.6 is 0 Å². The van der Waals surface area contributed by atoms with Crippen LogP contribution in [0.1, 0.15) is 11.1 Å². The van der Waals surface area contributed by atoms with E-state index < -0.39 is 0 Å². The summed E-state index contributed by atoms with van der Waals surface area (Å²) in [5.74, 6) is 0. The van der Waals surface area contributed by atoms with Gasteiger partial charge in [0.25, 0.3) is 0 Å². The van der Waals surface area contributed by atoms with Gasteiger partial charge in [0, 0.05) is 31.9 Å². The summed E-state index contributed by atoms with van der Waals surface area (Å²) in [5.41, 5.74) is 3.63. The van der Waals surface area contributed by atoms with E-state index in [0.717, 1.165) is 0 Å². The second-order valence-corrected chi connectivity index (χ2v) is 4.15. The van der Waals surface area contributed by atoms with Crippen molar-refractivity contribution in [1.82, 2.24) is 0 Å². The van der Waals surface area contributed by atoms with Crippen LogP contribution in [0.5, 0.6) is 0 Å². The van der Waals surface area contributed by atoms with Crippen LogP contribution in [0.3, 0.4) is 0 Å². The van der Waals surface area contributed by atoms with Gasteiger partial charge in [0.15, 0.2) is 12.4 Å². The third-order valence-electron chi connectivity index (χ3n) is 2.62. The lowest BCUT2D eigenvalue weighted by molar-refractivity contribution is -0.378.